The number of nitrogens with two attached hydrogens (primary N) is 1. The second-order valence-corrected chi connectivity index (χ2v) is 11.0. The molecule has 1 fully saturated rings. The Morgan fingerprint density at radius 2 is 1.70 bits per heavy atom. The molecule has 1 saturated heterocycles. The zero-order valence-electron chi connectivity index (χ0n) is 22.5. The number of benzene rings is 3. The molecule has 0 unspecified atom stereocenters. The zero-order valence-corrected chi connectivity index (χ0v) is 23.3. The van der Waals surface area contributed by atoms with E-state index in [-0.39, 0.29) is 18.4 Å². The third-order valence-corrected chi connectivity index (χ3v) is 7.64. The molecule has 3 aromatic rings. The summed E-state index contributed by atoms with van der Waals surface area (Å²) in [6.45, 7) is 5.26. The van der Waals surface area contributed by atoms with Crippen molar-refractivity contribution in [3.8, 4) is 0 Å². The molecule has 0 atom stereocenters. The van der Waals surface area contributed by atoms with E-state index in [2.05, 4.69) is 15.5 Å². The smallest absolute Gasteiger partial charge is 0.258 e. The van der Waals surface area contributed by atoms with Gasteiger partial charge in [-0.1, -0.05) is 48.0 Å². The first kappa shape index (κ1) is 27.4. The van der Waals surface area contributed by atoms with Crippen LogP contribution in [-0.4, -0.2) is 47.8 Å². The largest absolute Gasteiger partial charge is 0.368 e. The minimum Gasteiger partial charge on any atom is -0.368 e. The van der Waals surface area contributed by atoms with Crippen molar-refractivity contribution in [2.75, 3.05) is 35.2 Å². The summed E-state index contributed by atoms with van der Waals surface area (Å²) in [7, 11) is 0. The lowest BCUT2D eigenvalue weighted by Crippen LogP contribution is -2.58. The van der Waals surface area contributed by atoms with Gasteiger partial charge < -0.3 is 16.4 Å². The molecule has 206 valence electrons. The van der Waals surface area contributed by atoms with Crippen molar-refractivity contribution in [2.24, 2.45) is 5.73 Å². The van der Waals surface area contributed by atoms with Crippen LogP contribution >= 0.6 is 11.6 Å². The van der Waals surface area contributed by atoms with Gasteiger partial charge in [0.2, 0.25) is 11.8 Å². The summed E-state index contributed by atoms with van der Waals surface area (Å²) < 4.78 is 0. The molecule has 0 spiro atoms. The molecule has 2 aliphatic heterocycles. The van der Waals surface area contributed by atoms with Gasteiger partial charge in [-0.2, -0.15) is 0 Å². The summed E-state index contributed by atoms with van der Waals surface area (Å²) in [6.07, 6.45) is 2.11. The molecule has 4 N–H and O–H groups in total. The highest BCUT2D eigenvalue weighted by molar-refractivity contribution is 6.38. The number of hydrogen-bond donors (Lipinski definition) is 3. The number of carbonyl (C=O) groups is 3. The van der Waals surface area contributed by atoms with Gasteiger partial charge >= 0.3 is 0 Å². The van der Waals surface area contributed by atoms with Gasteiger partial charge in [0.25, 0.3) is 5.91 Å². The summed E-state index contributed by atoms with van der Waals surface area (Å²) in [6, 6.07) is 22.1. The van der Waals surface area contributed by atoms with Crippen LogP contribution in [0.4, 0.5) is 17.1 Å². The Balaban J connectivity index is 1.50. The number of nitrogens with one attached hydrogen (secondary N) is 2. The fraction of sp³-hybridized carbons (Fsp3) is 0.258. The Kier molecular flexibility index (Phi) is 7.65. The van der Waals surface area contributed by atoms with Crippen LogP contribution in [0.1, 0.15) is 37.8 Å². The number of halogens is 1. The van der Waals surface area contributed by atoms with Crippen LogP contribution in [0, 0.1) is 0 Å². The zero-order chi connectivity index (χ0) is 28.4. The average molecular weight is 558 g/mol. The van der Waals surface area contributed by atoms with Crippen LogP contribution in [0.2, 0.25) is 5.02 Å². The number of nitrogens with zero attached hydrogens (tertiary/aromatic N) is 2. The Labute approximate surface area is 238 Å². The maximum Gasteiger partial charge on any atom is 0.258 e. The fourth-order valence-electron chi connectivity index (χ4n) is 5.21. The number of primary amides is 1. The van der Waals surface area contributed by atoms with Gasteiger partial charge in [0.15, 0.2) is 0 Å². The van der Waals surface area contributed by atoms with Gasteiger partial charge in [-0.15, -0.1) is 0 Å². The van der Waals surface area contributed by atoms with Crippen LogP contribution in [0.25, 0.3) is 11.3 Å². The van der Waals surface area contributed by atoms with Crippen LogP contribution in [0.15, 0.2) is 72.8 Å². The number of hydrogen-bond acceptors (Lipinski definition) is 5. The fourth-order valence-corrected chi connectivity index (χ4v) is 5.38. The van der Waals surface area contributed by atoms with Gasteiger partial charge in [0, 0.05) is 22.0 Å². The average Bonchev–Trinajstić information content (AvgIpc) is 3.55. The predicted molar refractivity (Wildman–Crippen MR) is 160 cm³/mol. The van der Waals surface area contributed by atoms with Crippen molar-refractivity contribution < 1.29 is 14.4 Å². The highest BCUT2D eigenvalue weighted by Crippen LogP contribution is 2.39. The molecular formula is C31H32ClN5O3. The Morgan fingerprint density at radius 1 is 1.02 bits per heavy atom. The van der Waals surface area contributed by atoms with E-state index in [1.165, 1.54) is 4.90 Å². The molecule has 40 heavy (non-hydrogen) atoms. The lowest BCUT2D eigenvalue weighted by atomic mass is 9.99. The quantitative estimate of drug-likeness (QED) is 0.339. The second kappa shape index (κ2) is 11.2. The van der Waals surface area contributed by atoms with Crippen molar-refractivity contribution in [1.82, 2.24) is 4.90 Å². The first-order valence-electron chi connectivity index (χ1n) is 13.3. The van der Waals surface area contributed by atoms with Gasteiger partial charge in [-0.25, -0.2) is 0 Å². The molecule has 0 aliphatic carbocycles. The second-order valence-electron chi connectivity index (χ2n) is 10.6. The van der Waals surface area contributed by atoms with Gasteiger partial charge in [-0.3, -0.25) is 24.2 Å². The molecule has 8 nitrogen and oxygen atoms in total. The molecular weight excluding hydrogens is 526 g/mol. The highest BCUT2D eigenvalue weighted by Gasteiger charge is 2.38. The molecule has 9 heteroatoms. The van der Waals surface area contributed by atoms with E-state index in [9.17, 15) is 14.4 Å². The van der Waals surface area contributed by atoms with E-state index in [0.717, 1.165) is 37.1 Å². The van der Waals surface area contributed by atoms with E-state index in [0.29, 0.717) is 33.4 Å². The molecule has 3 amide bonds. The SMILES string of the molecule is CC(C)(C(N)=O)N(C(=O)CN1CCCC1)c1ccc(NC(=C2C(=O)Nc3cc(Cl)ccc32)c2ccccc2)cc1. The summed E-state index contributed by atoms with van der Waals surface area (Å²) in [5.74, 6) is -1.01. The molecule has 0 radical (unpaired) electrons. The van der Waals surface area contributed by atoms with Crippen molar-refractivity contribution in [2.45, 2.75) is 32.2 Å². The summed E-state index contributed by atoms with van der Waals surface area (Å²) >= 11 is 6.16. The van der Waals surface area contributed by atoms with E-state index in [4.69, 9.17) is 17.3 Å². The Hall–Kier alpha value is -4.14. The number of likely N-dealkylation sites (tertiary alicyclic amines) is 1. The lowest BCUT2D eigenvalue weighted by molar-refractivity contribution is -0.127. The van der Waals surface area contributed by atoms with Gasteiger partial charge in [0.05, 0.1) is 23.5 Å². The van der Waals surface area contributed by atoms with Crippen LogP contribution in [0.5, 0.6) is 0 Å². The molecule has 5 rings (SSSR count). The van der Waals surface area contributed by atoms with Crippen molar-refractivity contribution in [3.05, 3.63) is 88.9 Å². The van der Waals surface area contributed by atoms with E-state index in [1.807, 2.05) is 48.5 Å². The number of fused-ring (bicyclic) bond motifs is 1. The number of amides is 3. The van der Waals surface area contributed by atoms with Gasteiger partial charge in [0.1, 0.15) is 5.54 Å². The highest BCUT2D eigenvalue weighted by atomic mass is 35.5. The number of anilines is 3. The molecule has 0 saturated carbocycles. The normalized spacial score (nSPS) is 16.3. The first-order valence-corrected chi connectivity index (χ1v) is 13.7. The van der Waals surface area contributed by atoms with E-state index >= 15 is 0 Å². The lowest BCUT2D eigenvalue weighted by Gasteiger charge is -2.37. The van der Waals surface area contributed by atoms with Crippen molar-refractivity contribution in [1.29, 1.82) is 0 Å². The third-order valence-electron chi connectivity index (χ3n) is 7.40. The van der Waals surface area contributed by atoms with Crippen molar-refractivity contribution >= 4 is 57.7 Å². The monoisotopic (exact) mass is 557 g/mol. The minimum absolute atomic E-state index is 0.184. The van der Waals surface area contributed by atoms with E-state index in [1.54, 1.807) is 38.1 Å². The number of rotatable bonds is 8. The van der Waals surface area contributed by atoms with Gasteiger partial charge in [-0.05, 0) is 81.7 Å². The van der Waals surface area contributed by atoms with Crippen LogP contribution in [-0.2, 0) is 14.4 Å². The predicted octanol–water partition coefficient (Wildman–Crippen LogP) is 4.97. The Morgan fingerprint density at radius 3 is 2.35 bits per heavy atom. The summed E-state index contributed by atoms with van der Waals surface area (Å²) in [5, 5.41) is 6.86. The topological polar surface area (TPSA) is 108 Å². The molecule has 0 bridgehead atoms. The summed E-state index contributed by atoms with van der Waals surface area (Å²) in [4.78, 5) is 42.6. The van der Waals surface area contributed by atoms with E-state index < -0.39 is 11.4 Å². The van der Waals surface area contributed by atoms with Crippen LogP contribution < -0.4 is 21.3 Å². The number of carbonyl (C=O) groups excluding carboxylic acids is 3. The molecule has 3 aromatic carbocycles. The first-order chi connectivity index (χ1) is 19.1. The minimum atomic E-state index is -1.23. The standard InChI is InChI=1S/C31H32ClN5O3/c1-31(2,30(33)40)37(26(38)19-36-16-6-7-17-36)23-13-11-22(12-14-23)34-28(20-8-4-3-5-9-20)27-24-15-10-21(32)18-25(24)35-29(27)39/h3-5,8-15,18,34H,6-7,16-17,19H2,1-2H3,(H2,33,40)(H,35,39). The molecule has 2 heterocycles. The van der Waals surface area contributed by atoms with Crippen molar-refractivity contribution in [3.63, 3.8) is 0 Å². The third kappa shape index (κ3) is 5.46. The maximum atomic E-state index is 13.4. The van der Waals surface area contributed by atoms with Crippen LogP contribution in [0.3, 0.4) is 0 Å². The molecule has 0 aromatic heterocycles. The Bertz CT molecular complexity index is 1480. The summed E-state index contributed by atoms with van der Waals surface area (Å²) in [5.41, 5.74) is 9.13. The maximum absolute atomic E-state index is 13.4. The molecule has 2 aliphatic rings.